The number of nitrogens with zero attached hydrogens (tertiary/aromatic N) is 1. The first-order valence-corrected chi connectivity index (χ1v) is 7.23. The number of aromatic nitrogens is 1. The topological polar surface area (TPSA) is 62.4 Å². The summed E-state index contributed by atoms with van der Waals surface area (Å²) < 4.78 is 4.97. The van der Waals surface area contributed by atoms with Gasteiger partial charge in [-0.2, -0.15) is 0 Å². The summed E-state index contributed by atoms with van der Waals surface area (Å²) in [5.41, 5.74) is 1.55. The first-order chi connectivity index (χ1) is 10.2. The molecule has 1 amide bonds. The molecule has 3 rings (SSSR count). The van der Waals surface area contributed by atoms with Gasteiger partial charge in [0.05, 0.1) is 6.61 Å². The van der Waals surface area contributed by atoms with Gasteiger partial charge in [-0.25, -0.2) is 0 Å². The van der Waals surface area contributed by atoms with Gasteiger partial charge in [0.15, 0.2) is 0 Å². The number of aromatic amines is 1. The Morgan fingerprint density at radius 3 is 2.86 bits per heavy atom. The summed E-state index contributed by atoms with van der Waals surface area (Å²) in [7, 11) is 0. The third-order valence-corrected chi connectivity index (χ3v) is 3.68. The van der Waals surface area contributed by atoms with E-state index in [2.05, 4.69) is 4.98 Å². The monoisotopic (exact) mass is 286 g/mol. The van der Waals surface area contributed by atoms with Gasteiger partial charge in [0, 0.05) is 28.7 Å². The van der Waals surface area contributed by atoms with E-state index in [1.54, 1.807) is 17.9 Å². The van der Waals surface area contributed by atoms with Crippen molar-refractivity contribution < 1.29 is 14.3 Å². The van der Waals surface area contributed by atoms with Crippen LogP contribution in [-0.2, 0) is 9.53 Å². The highest BCUT2D eigenvalue weighted by Gasteiger charge is 2.35. The molecule has 0 aliphatic heterocycles. The Bertz CT molecular complexity index is 673. The molecule has 1 aliphatic rings. The van der Waals surface area contributed by atoms with Crippen LogP contribution in [0.2, 0.25) is 0 Å². The van der Waals surface area contributed by atoms with Crippen LogP contribution in [0.25, 0.3) is 10.9 Å². The predicted molar refractivity (Wildman–Crippen MR) is 79.0 cm³/mol. The van der Waals surface area contributed by atoms with E-state index in [1.165, 1.54) is 0 Å². The number of fused-ring (bicyclic) bond motifs is 1. The average molecular weight is 286 g/mol. The zero-order chi connectivity index (χ0) is 14.8. The molecule has 5 heteroatoms. The van der Waals surface area contributed by atoms with E-state index in [1.807, 2.05) is 24.4 Å². The second-order valence-electron chi connectivity index (χ2n) is 5.21. The van der Waals surface area contributed by atoms with Crippen molar-refractivity contribution in [3.05, 3.63) is 36.0 Å². The van der Waals surface area contributed by atoms with Crippen molar-refractivity contribution in [3.63, 3.8) is 0 Å². The zero-order valence-corrected chi connectivity index (χ0v) is 12.0. The second kappa shape index (κ2) is 5.60. The molecule has 110 valence electrons. The smallest absolute Gasteiger partial charge is 0.325 e. The third-order valence-electron chi connectivity index (χ3n) is 3.68. The first-order valence-electron chi connectivity index (χ1n) is 7.23. The summed E-state index contributed by atoms with van der Waals surface area (Å²) in [6.07, 6.45) is 3.72. The predicted octanol–water partition coefficient (Wildman–Crippen LogP) is 2.34. The lowest BCUT2D eigenvalue weighted by molar-refractivity contribution is -0.143. The van der Waals surface area contributed by atoms with Gasteiger partial charge in [-0.1, -0.05) is 6.07 Å². The Kier molecular flexibility index (Phi) is 3.64. The maximum atomic E-state index is 12.8. The lowest BCUT2D eigenvalue weighted by Crippen LogP contribution is -2.38. The number of carbonyl (C=O) groups excluding carboxylic acids is 2. The van der Waals surface area contributed by atoms with Crippen molar-refractivity contribution in [1.82, 2.24) is 9.88 Å². The van der Waals surface area contributed by atoms with Crippen LogP contribution in [0.4, 0.5) is 0 Å². The van der Waals surface area contributed by atoms with Crippen LogP contribution >= 0.6 is 0 Å². The summed E-state index contributed by atoms with van der Waals surface area (Å²) in [6.45, 7) is 2.12. The number of H-pyrrole nitrogens is 1. The van der Waals surface area contributed by atoms with Crippen molar-refractivity contribution in [1.29, 1.82) is 0 Å². The molecule has 1 aliphatic carbocycles. The summed E-state index contributed by atoms with van der Waals surface area (Å²) in [4.78, 5) is 29.2. The fourth-order valence-corrected chi connectivity index (χ4v) is 2.53. The number of ether oxygens (including phenoxy) is 1. The fraction of sp³-hybridized carbons (Fsp3) is 0.375. The van der Waals surface area contributed by atoms with Gasteiger partial charge < -0.3 is 14.6 Å². The normalized spacial score (nSPS) is 14.1. The van der Waals surface area contributed by atoms with Gasteiger partial charge in [0.1, 0.15) is 6.54 Å². The molecule has 1 aromatic heterocycles. The van der Waals surface area contributed by atoms with Gasteiger partial charge in [-0.3, -0.25) is 9.59 Å². The van der Waals surface area contributed by atoms with Gasteiger partial charge in [-0.15, -0.1) is 0 Å². The molecule has 1 saturated carbocycles. The van der Waals surface area contributed by atoms with Crippen molar-refractivity contribution in [3.8, 4) is 0 Å². The van der Waals surface area contributed by atoms with Crippen molar-refractivity contribution in [2.75, 3.05) is 13.2 Å². The lowest BCUT2D eigenvalue weighted by atomic mass is 10.1. The van der Waals surface area contributed by atoms with Crippen LogP contribution < -0.4 is 0 Å². The van der Waals surface area contributed by atoms with Crippen LogP contribution in [0.3, 0.4) is 0 Å². The van der Waals surface area contributed by atoms with Crippen LogP contribution in [0.1, 0.15) is 30.1 Å². The van der Waals surface area contributed by atoms with Gasteiger partial charge >= 0.3 is 5.97 Å². The minimum Gasteiger partial charge on any atom is -0.465 e. The second-order valence-corrected chi connectivity index (χ2v) is 5.21. The Balaban J connectivity index is 1.87. The van der Waals surface area contributed by atoms with E-state index in [0.29, 0.717) is 12.2 Å². The molecule has 1 aromatic carbocycles. The Morgan fingerprint density at radius 2 is 2.14 bits per heavy atom. The number of esters is 1. The molecule has 1 N–H and O–H groups in total. The van der Waals surface area contributed by atoms with E-state index < -0.39 is 0 Å². The number of hydrogen-bond acceptors (Lipinski definition) is 3. The van der Waals surface area contributed by atoms with Crippen LogP contribution in [0.15, 0.2) is 30.5 Å². The number of nitrogens with one attached hydrogen (secondary N) is 1. The van der Waals surface area contributed by atoms with E-state index in [9.17, 15) is 9.59 Å². The van der Waals surface area contributed by atoms with E-state index in [-0.39, 0.29) is 24.5 Å². The highest BCUT2D eigenvalue weighted by Crippen LogP contribution is 2.29. The van der Waals surface area contributed by atoms with E-state index in [0.717, 1.165) is 23.7 Å². The molecule has 0 saturated heterocycles. The SMILES string of the molecule is CCOC(=O)CN(C(=O)c1cccc2[nH]ccc12)C1CC1. The molecule has 21 heavy (non-hydrogen) atoms. The number of rotatable bonds is 5. The minimum atomic E-state index is -0.348. The molecule has 1 fully saturated rings. The molecular weight excluding hydrogens is 268 g/mol. The molecule has 0 bridgehead atoms. The number of carbonyl (C=O) groups is 2. The molecule has 2 aromatic rings. The van der Waals surface area contributed by atoms with Gasteiger partial charge in [-0.05, 0) is 38.0 Å². The molecular formula is C16H18N2O3. The minimum absolute atomic E-state index is 0.0259. The highest BCUT2D eigenvalue weighted by atomic mass is 16.5. The molecule has 0 atom stereocenters. The van der Waals surface area contributed by atoms with E-state index in [4.69, 9.17) is 4.74 Å². The maximum Gasteiger partial charge on any atom is 0.325 e. The van der Waals surface area contributed by atoms with Crippen molar-refractivity contribution in [2.24, 2.45) is 0 Å². The largest absolute Gasteiger partial charge is 0.465 e. The average Bonchev–Trinajstić information content (AvgIpc) is 3.20. The third kappa shape index (κ3) is 2.77. The van der Waals surface area contributed by atoms with E-state index >= 15 is 0 Å². The molecule has 0 radical (unpaired) electrons. The standard InChI is InChI=1S/C16H18N2O3/c1-2-21-15(19)10-18(11-6-7-11)16(20)13-4-3-5-14-12(13)8-9-17-14/h3-5,8-9,11,17H,2,6-7,10H2,1H3. The molecule has 0 spiro atoms. The Labute approximate surface area is 122 Å². The number of amides is 1. The summed E-state index contributed by atoms with van der Waals surface area (Å²) in [6, 6.07) is 7.63. The highest BCUT2D eigenvalue weighted by molar-refractivity contribution is 6.07. The molecule has 5 nitrogen and oxygen atoms in total. The van der Waals surface area contributed by atoms with Crippen molar-refractivity contribution >= 4 is 22.8 Å². The van der Waals surface area contributed by atoms with Crippen molar-refractivity contribution in [2.45, 2.75) is 25.8 Å². The zero-order valence-electron chi connectivity index (χ0n) is 12.0. The van der Waals surface area contributed by atoms with Crippen LogP contribution in [0, 0.1) is 0 Å². The molecule has 0 unspecified atom stereocenters. The lowest BCUT2D eigenvalue weighted by Gasteiger charge is -2.21. The fourth-order valence-electron chi connectivity index (χ4n) is 2.53. The Hall–Kier alpha value is -2.30. The quantitative estimate of drug-likeness (QED) is 0.858. The molecule has 1 heterocycles. The van der Waals surface area contributed by atoms with Gasteiger partial charge in [0.2, 0.25) is 0 Å². The summed E-state index contributed by atoms with van der Waals surface area (Å²) in [5, 5.41) is 0.886. The number of benzene rings is 1. The first kappa shape index (κ1) is 13.7. The van der Waals surface area contributed by atoms with Crippen LogP contribution in [-0.4, -0.2) is 41.0 Å². The number of hydrogen-bond donors (Lipinski definition) is 1. The van der Waals surface area contributed by atoms with Crippen LogP contribution in [0.5, 0.6) is 0 Å². The Morgan fingerprint density at radius 1 is 1.33 bits per heavy atom. The summed E-state index contributed by atoms with van der Waals surface area (Å²) in [5.74, 6) is -0.449. The van der Waals surface area contributed by atoms with Gasteiger partial charge in [0.25, 0.3) is 5.91 Å². The summed E-state index contributed by atoms with van der Waals surface area (Å²) >= 11 is 0. The maximum absolute atomic E-state index is 12.8.